The Morgan fingerprint density at radius 2 is 2.20 bits per heavy atom. The molecule has 2 saturated heterocycles. The summed E-state index contributed by atoms with van der Waals surface area (Å²) in [7, 11) is 0. The van der Waals surface area contributed by atoms with Crippen molar-refractivity contribution in [1.82, 2.24) is 9.55 Å². The van der Waals surface area contributed by atoms with Gasteiger partial charge < -0.3 is 19.3 Å². The topological polar surface area (TPSA) is 120 Å². The van der Waals surface area contributed by atoms with Crippen LogP contribution in [0.15, 0.2) is 21.9 Å². The Balaban J connectivity index is 2.00. The number of fused-ring (bicyclic) bond motifs is 1. The monoisotopic (exact) mass is 284 g/mol. The van der Waals surface area contributed by atoms with Gasteiger partial charge in [-0.05, 0) is 6.92 Å². The number of nitrogens with one attached hydrogen (secondary N) is 1. The summed E-state index contributed by atoms with van der Waals surface area (Å²) < 4.78 is 16.2. The number of aromatic amines is 1. The van der Waals surface area contributed by atoms with E-state index in [1.807, 2.05) is 0 Å². The Morgan fingerprint density at radius 3 is 2.90 bits per heavy atom. The van der Waals surface area contributed by atoms with Crippen LogP contribution < -0.4 is 11.2 Å². The van der Waals surface area contributed by atoms with E-state index in [2.05, 4.69) is 9.72 Å². The number of rotatable bonds is 1. The van der Waals surface area contributed by atoms with Gasteiger partial charge >= 0.3 is 11.8 Å². The standard InChI is InChI=1S/C11H12N2O7/c1-11(17)7-5(4-18-10(16)20-7)19-8(11)13-3-2-6(14)12-9(13)15/h2-3,5,7-8,17H,4H2,1H3,(H,12,14,15)/t5-,7-,8-,11+/m1/s1. The normalized spacial score (nSPS) is 36.1. The second-order valence-electron chi connectivity index (χ2n) is 4.87. The van der Waals surface area contributed by atoms with Crippen molar-refractivity contribution in [3.63, 3.8) is 0 Å². The Kier molecular flexibility index (Phi) is 2.69. The lowest BCUT2D eigenvalue weighted by atomic mass is 9.96. The quantitative estimate of drug-likeness (QED) is 0.616. The van der Waals surface area contributed by atoms with E-state index in [-0.39, 0.29) is 6.61 Å². The highest BCUT2D eigenvalue weighted by Gasteiger charge is 2.58. The third-order valence-electron chi connectivity index (χ3n) is 3.41. The van der Waals surface area contributed by atoms with Gasteiger partial charge in [0.15, 0.2) is 12.3 Å². The van der Waals surface area contributed by atoms with Gasteiger partial charge in [-0.3, -0.25) is 14.3 Å². The maximum absolute atomic E-state index is 11.8. The first-order chi connectivity index (χ1) is 9.39. The number of carbonyl (C=O) groups is 1. The van der Waals surface area contributed by atoms with Crippen LogP contribution in [0.4, 0.5) is 4.79 Å². The third-order valence-corrected chi connectivity index (χ3v) is 3.41. The summed E-state index contributed by atoms with van der Waals surface area (Å²) in [5.74, 6) is 0. The third kappa shape index (κ3) is 1.82. The molecule has 2 aliphatic heterocycles. The molecule has 9 nitrogen and oxygen atoms in total. The molecular weight excluding hydrogens is 272 g/mol. The molecule has 2 N–H and O–H groups in total. The van der Waals surface area contributed by atoms with Crippen LogP contribution >= 0.6 is 0 Å². The van der Waals surface area contributed by atoms with Crippen LogP contribution in [0.25, 0.3) is 0 Å². The molecule has 9 heteroatoms. The van der Waals surface area contributed by atoms with E-state index in [9.17, 15) is 19.5 Å². The number of hydrogen-bond acceptors (Lipinski definition) is 7. The Morgan fingerprint density at radius 1 is 1.45 bits per heavy atom. The minimum absolute atomic E-state index is 0.0751. The van der Waals surface area contributed by atoms with E-state index < -0.39 is 41.4 Å². The molecule has 0 amide bonds. The van der Waals surface area contributed by atoms with Crippen LogP contribution in [0.1, 0.15) is 13.2 Å². The fourth-order valence-electron chi connectivity index (χ4n) is 2.46. The molecule has 0 aromatic carbocycles. The fourth-order valence-corrected chi connectivity index (χ4v) is 2.46. The smallest absolute Gasteiger partial charge is 0.431 e. The molecular formula is C11H12N2O7. The number of ether oxygens (including phenoxy) is 3. The summed E-state index contributed by atoms with van der Waals surface area (Å²) in [5, 5.41) is 10.5. The van der Waals surface area contributed by atoms with Crippen LogP contribution in [-0.2, 0) is 14.2 Å². The highest BCUT2D eigenvalue weighted by Crippen LogP contribution is 2.40. The number of nitrogens with zero attached hydrogens (tertiary/aromatic N) is 1. The van der Waals surface area contributed by atoms with E-state index >= 15 is 0 Å². The molecule has 0 bridgehead atoms. The van der Waals surface area contributed by atoms with Crippen molar-refractivity contribution in [2.75, 3.05) is 6.61 Å². The molecule has 0 saturated carbocycles. The molecule has 2 fully saturated rings. The second-order valence-corrected chi connectivity index (χ2v) is 4.87. The van der Waals surface area contributed by atoms with Crippen molar-refractivity contribution in [3.05, 3.63) is 33.1 Å². The van der Waals surface area contributed by atoms with Crippen LogP contribution in [0.3, 0.4) is 0 Å². The van der Waals surface area contributed by atoms with Crippen molar-refractivity contribution in [2.45, 2.75) is 31.0 Å². The van der Waals surface area contributed by atoms with Crippen LogP contribution in [0.2, 0.25) is 0 Å². The summed E-state index contributed by atoms with van der Waals surface area (Å²) in [6.07, 6.45) is -2.43. The Hall–Kier alpha value is -2.13. The minimum Gasteiger partial charge on any atom is -0.431 e. The number of H-pyrrole nitrogens is 1. The molecule has 0 aliphatic carbocycles. The van der Waals surface area contributed by atoms with E-state index in [1.165, 1.54) is 13.1 Å². The SMILES string of the molecule is C[C@]1(O)[C@@H]2OC(=O)OC[C@H]2O[C@H]1n1ccc(=O)[nH]c1=O. The minimum atomic E-state index is -1.63. The van der Waals surface area contributed by atoms with Gasteiger partial charge in [-0.2, -0.15) is 0 Å². The maximum Gasteiger partial charge on any atom is 0.508 e. The number of hydrogen-bond donors (Lipinski definition) is 2. The van der Waals surface area contributed by atoms with Gasteiger partial charge in [0.2, 0.25) is 0 Å². The first-order valence-electron chi connectivity index (χ1n) is 5.92. The Bertz CT molecular complexity index is 661. The molecule has 3 rings (SSSR count). The lowest BCUT2D eigenvalue weighted by Crippen LogP contribution is -2.51. The van der Waals surface area contributed by atoms with Crippen LogP contribution in [0.5, 0.6) is 0 Å². The number of carbonyl (C=O) groups excluding carboxylic acids is 1. The van der Waals surface area contributed by atoms with Gasteiger partial charge in [0, 0.05) is 12.3 Å². The number of aliphatic hydroxyl groups is 1. The zero-order valence-corrected chi connectivity index (χ0v) is 10.4. The number of aromatic nitrogens is 2. The molecule has 2 aliphatic rings. The molecule has 0 unspecified atom stereocenters. The van der Waals surface area contributed by atoms with Gasteiger partial charge in [-0.15, -0.1) is 0 Å². The van der Waals surface area contributed by atoms with Gasteiger partial charge in [0.25, 0.3) is 5.56 Å². The lowest BCUT2D eigenvalue weighted by Gasteiger charge is -2.31. The zero-order valence-electron chi connectivity index (χ0n) is 10.4. The predicted octanol–water partition coefficient (Wildman–Crippen LogP) is -1.28. The van der Waals surface area contributed by atoms with E-state index in [0.717, 1.165) is 10.6 Å². The summed E-state index contributed by atoms with van der Waals surface area (Å²) in [6.45, 7) is 1.31. The molecule has 1 aromatic rings. The summed E-state index contributed by atoms with van der Waals surface area (Å²) >= 11 is 0. The van der Waals surface area contributed by atoms with E-state index in [4.69, 9.17) is 9.47 Å². The fraction of sp³-hybridized carbons (Fsp3) is 0.545. The largest absolute Gasteiger partial charge is 0.508 e. The molecule has 1 aromatic heterocycles. The van der Waals surface area contributed by atoms with E-state index in [0.29, 0.717) is 0 Å². The summed E-state index contributed by atoms with van der Waals surface area (Å²) in [5.41, 5.74) is -2.92. The van der Waals surface area contributed by atoms with Crippen molar-refractivity contribution in [1.29, 1.82) is 0 Å². The maximum atomic E-state index is 11.8. The molecule has 4 atom stereocenters. The van der Waals surface area contributed by atoms with Crippen LogP contribution in [0, 0.1) is 0 Å². The highest BCUT2D eigenvalue weighted by atomic mass is 16.8. The van der Waals surface area contributed by atoms with Gasteiger partial charge in [-0.25, -0.2) is 9.59 Å². The van der Waals surface area contributed by atoms with Crippen molar-refractivity contribution >= 4 is 6.16 Å². The van der Waals surface area contributed by atoms with Gasteiger partial charge in [0.05, 0.1) is 0 Å². The van der Waals surface area contributed by atoms with Crippen molar-refractivity contribution in [2.24, 2.45) is 0 Å². The summed E-state index contributed by atoms with van der Waals surface area (Å²) in [6, 6.07) is 1.13. The van der Waals surface area contributed by atoms with Crippen molar-refractivity contribution < 1.29 is 24.1 Å². The Labute approximate surface area is 111 Å². The highest BCUT2D eigenvalue weighted by molar-refractivity contribution is 5.61. The average Bonchev–Trinajstić information content (AvgIpc) is 2.62. The molecule has 0 radical (unpaired) electrons. The zero-order chi connectivity index (χ0) is 14.5. The predicted molar refractivity (Wildman–Crippen MR) is 62.1 cm³/mol. The van der Waals surface area contributed by atoms with Crippen molar-refractivity contribution in [3.8, 4) is 0 Å². The molecule has 20 heavy (non-hydrogen) atoms. The van der Waals surface area contributed by atoms with Gasteiger partial charge in [-0.1, -0.05) is 0 Å². The molecule has 108 valence electrons. The number of cyclic esters (lactones) is 1. The van der Waals surface area contributed by atoms with E-state index in [1.54, 1.807) is 0 Å². The van der Waals surface area contributed by atoms with Gasteiger partial charge in [0.1, 0.15) is 18.3 Å². The second kappa shape index (κ2) is 4.18. The summed E-state index contributed by atoms with van der Waals surface area (Å²) in [4.78, 5) is 36.0. The molecule has 0 spiro atoms. The molecule has 3 heterocycles. The first-order valence-corrected chi connectivity index (χ1v) is 5.92. The first kappa shape index (κ1) is 12.9. The average molecular weight is 284 g/mol. The lowest BCUT2D eigenvalue weighted by molar-refractivity contribution is -0.111. The van der Waals surface area contributed by atoms with Crippen LogP contribution in [-0.4, -0.2) is 45.2 Å².